The quantitative estimate of drug-likeness (QED) is 0.635. The van der Waals surface area contributed by atoms with Gasteiger partial charge in [0.25, 0.3) is 0 Å². The van der Waals surface area contributed by atoms with E-state index in [0.717, 1.165) is 17.9 Å². The lowest BCUT2D eigenvalue weighted by molar-refractivity contribution is 0.627. The normalized spacial score (nSPS) is 9.55. The fraction of sp³-hybridized carbons (Fsp3) is 0.500. The second-order valence-corrected chi connectivity index (χ2v) is 2.43. The Kier molecular flexibility index (Phi) is 2.27. The van der Waals surface area contributed by atoms with Crippen LogP contribution >= 0.6 is 0 Å². The summed E-state index contributed by atoms with van der Waals surface area (Å²) in [4.78, 5) is 0. The molecule has 3 nitrogen and oxygen atoms in total. The van der Waals surface area contributed by atoms with Gasteiger partial charge in [0.1, 0.15) is 0 Å². The summed E-state index contributed by atoms with van der Waals surface area (Å²) in [7, 11) is 0. The molecule has 0 N–H and O–H groups in total. The summed E-state index contributed by atoms with van der Waals surface area (Å²) in [5, 5.41) is 12.7. The van der Waals surface area contributed by atoms with Crippen LogP contribution < -0.4 is 0 Å². The van der Waals surface area contributed by atoms with Crippen LogP contribution in [0.25, 0.3) is 0 Å². The SMILES string of the molecule is CCn1nc(C)cc1CC#N. The number of nitriles is 1. The molecule has 0 spiro atoms. The van der Waals surface area contributed by atoms with E-state index in [-0.39, 0.29) is 0 Å². The molecule has 11 heavy (non-hydrogen) atoms. The molecule has 0 aliphatic rings. The van der Waals surface area contributed by atoms with Crippen LogP contribution in [-0.2, 0) is 13.0 Å². The number of nitrogens with zero attached hydrogens (tertiary/aromatic N) is 3. The predicted molar refractivity (Wildman–Crippen MR) is 42.0 cm³/mol. The fourth-order valence-corrected chi connectivity index (χ4v) is 1.10. The third-order valence-corrected chi connectivity index (χ3v) is 1.55. The molecule has 0 amide bonds. The molecule has 0 bridgehead atoms. The van der Waals surface area contributed by atoms with E-state index in [2.05, 4.69) is 11.2 Å². The minimum absolute atomic E-state index is 0.453. The summed E-state index contributed by atoms with van der Waals surface area (Å²) in [6, 6.07) is 4.06. The third kappa shape index (κ3) is 1.58. The van der Waals surface area contributed by atoms with Gasteiger partial charge in [-0.3, -0.25) is 4.68 Å². The van der Waals surface area contributed by atoms with Crippen molar-refractivity contribution in [2.45, 2.75) is 26.8 Å². The Labute approximate surface area is 66.3 Å². The van der Waals surface area contributed by atoms with Crippen molar-refractivity contribution in [1.82, 2.24) is 9.78 Å². The lowest BCUT2D eigenvalue weighted by atomic mass is 10.3. The smallest absolute Gasteiger partial charge is 0.0771 e. The maximum absolute atomic E-state index is 8.46. The molecular weight excluding hydrogens is 138 g/mol. The van der Waals surface area contributed by atoms with Crippen LogP contribution in [-0.4, -0.2) is 9.78 Å². The molecular formula is C8H11N3. The summed E-state index contributed by atoms with van der Waals surface area (Å²) in [6.45, 7) is 4.80. The number of hydrogen-bond donors (Lipinski definition) is 0. The molecule has 58 valence electrons. The van der Waals surface area contributed by atoms with Crippen LogP contribution in [0.15, 0.2) is 6.07 Å². The standard InChI is InChI=1S/C8H11N3/c1-3-11-8(4-5-9)6-7(2)10-11/h6H,3-4H2,1-2H3. The van der Waals surface area contributed by atoms with E-state index in [1.807, 2.05) is 24.6 Å². The van der Waals surface area contributed by atoms with Gasteiger partial charge >= 0.3 is 0 Å². The summed E-state index contributed by atoms with van der Waals surface area (Å²) in [5.74, 6) is 0. The van der Waals surface area contributed by atoms with E-state index in [4.69, 9.17) is 5.26 Å². The Balaban J connectivity index is 2.94. The molecule has 1 heterocycles. The first-order chi connectivity index (χ1) is 5.27. The molecule has 0 saturated carbocycles. The molecule has 1 aromatic heterocycles. The molecule has 0 aliphatic carbocycles. The number of aromatic nitrogens is 2. The molecule has 1 rings (SSSR count). The molecule has 0 unspecified atom stereocenters. The second-order valence-electron chi connectivity index (χ2n) is 2.43. The largest absolute Gasteiger partial charge is 0.269 e. The summed E-state index contributed by atoms with van der Waals surface area (Å²) < 4.78 is 1.86. The molecule has 3 heteroatoms. The van der Waals surface area contributed by atoms with Crippen molar-refractivity contribution in [3.63, 3.8) is 0 Å². The zero-order valence-corrected chi connectivity index (χ0v) is 6.83. The van der Waals surface area contributed by atoms with Crippen LogP contribution in [0.5, 0.6) is 0 Å². The predicted octanol–water partition coefficient (Wildman–Crippen LogP) is 1.28. The van der Waals surface area contributed by atoms with Crippen LogP contribution in [0.4, 0.5) is 0 Å². The van der Waals surface area contributed by atoms with E-state index < -0.39 is 0 Å². The Hall–Kier alpha value is -1.30. The minimum atomic E-state index is 0.453. The zero-order valence-electron chi connectivity index (χ0n) is 6.83. The maximum Gasteiger partial charge on any atom is 0.0771 e. The minimum Gasteiger partial charge on any atom is -0.269 e. The zero-order chi connectivity index (χ0) is 8.27. The second kappa shape index (κ2) is 3.20. The van der Waals surface area contributed by atoms with Crippen LogP contribution in [0.2, 0.25) is 0 Å². The van der Waals surface area contributed by atoms with Gasteiger partial charge in [-0.05, 0) is 19.9 Å². The van der Waals surface area contributed by atoms with Crippen molar-refractivity contribution in [3.05, 3.63) is 17.5 Å². The van der Waals surface area contributed by atoms with Crippen molar-refractivity contribution in [1.29, 1.82) is 5.26 Å². The number of hydrogen-bond acceptors (Lipinski definition) is 2. The van der Waals surface area contributed by atoms with Crippen molar-refractivity contribution < 1.29 is 0 Å². The van der Waals surface area contributed by atoms with Gasteiger partial charge in [-0.25, -0.2) is 0 Å². The Morgan fingerprint density at radius 3 is 3.00 bits per heavy atom. The van der Waals surface area contributed by atoms with Crippen LogP contribution in [0.1, 0.15) is 18.3 Å². The summed E-state index contributed by atoms with van der Waals surface area (Å²) in [5.41, 5.74) is 1.99. The first-order valence-electron chi connectivity index (χ1n) is 3.68. The van der Waals surface area contributed by atoms with Gasteiger partial charge < -0.3 is 0 Å². The first kappa shape index (κ1) is 7.80. The number of aryl methyl sites for hydroxylation is 2. The highest BCUT2D eigenvalue weighted by molar-refractivity contribution is 5.12. The molecule has 0 aliphatic heterocycles. The summed E-state index contributed by atoms with van der Waals surface area (Å²) in [6.07, 6.45) is 0.453. The monoisotopic (exact) mass is 149 g/mol. The highest BCUT2D eigenvalue weighted by Gasteiger charge is 2.01. The van der Waals surface area contributed by atoms with Crippen molar-refractivity contribution >= 4 is 0 Å². The van der Waals surface area contributed by atoms with Gasteiger partial charge in [0, 0.05) is 6.54 Å². The molecule has 0 radical (unpaired) electrons. The van der Waals surface area contributed by atoms with Crippen LogP contribution in [0, 0.1) is 18.3 Å². The maximum atomic E-state index is 8.46. The fourth-order valence-electron chi connectivity index (χ4n) is 1.10. The lowest BCUT2D eigenvalue weighted by Gasteiger charge is -1.97. The highest BCUT2D eigenvalue weighted by Crippen LogP contribution is 2.03. The van der Waals surface area contributed by atoms with E-state index >= 15 is 0 Å². The van der Waals surface area contributed by atoms with E-state index in [9.17, 15) is 0 Å². The Morgan fingerprint density at radius 1 is 1.73 bits per heavy atom. The molecule has 0 fully saturated rings. The van der Waals surface area contributed by atoms with Gasteiger partial charge in [-0.1, -0.05) is 0 Å². The van der Waals surface area contributed by atoms with Gasteiger partial charge in [-0.15, -0.1) is 0 Å². The van der Waals surface area contributed by atoms with Crippen molar-refractivity contribution in [3.8, 4) is 6.07 Å². The molecule has 0 atom stereocenters. The van der Waals surface area contributed by atoms with Gasteiger partial charge in [0.2, 0.25) is 0 Å². The Bertz CT molecular complexity index is 280. The molecule has 1 aromatic rings. The number of rotatable bonds is 2. The molecule has 0 aromatic carbocycles. The summed E-state index contributed by atoms with van der Waals surface area (Å²) >= 11 is 0. The molecule has 0 saturated heterocycles. The van der Waals surface area contributed by atoms with Crippen molar-refractivity contribution in [2.24, 2.45) is 0 Å². The van der Waals surface area contributed by atoms with Gasteiger partial charge in [-0.2, -0.15) is 10.4 Å². The van der Waals surface area contributed by atoms with Gasteiger partial charge in [0.15, 0.2) is 0 Å². The van der Waals surface area contributed by atoms with Gasteiger partial charge in [0.05, 0.1) is 23.9 Å². The first-order valence-corrected chi connectivity index (χ1v) is 3.68. The Morgan fingerprint density at radius 2 is 2.45 bits per heavy atom. The van der Waals surface area contributed by atoms with Crippen molar-refractivity contribution in [2.75, 3.05) is 0 Å². The third-order valence-electron chi connectivity index (χ3n) is 1.55. The van der Waals surface area contributed by atoms with E-state index in [0.29, 0.717) is 6.42 Å². The topological polar surface area (TPSA) is 41.6 Å². The lowest BCUT2D eigenvalue weighted by Crippen LogP contribution is -2.01. The van der Waals surface area contributed by atoms with E-state index in [1.165, 1.54) is 0 Å². The van der Waals surface area contributed by atoms with Crippen LogP contribution in [0.3, 0.4) is 0 Å². The van der Waals surface area contributed by atoms with E-state index in [1.54, 1.807) is 0 Å². The average Bonchev–Trinajstić information content (AvgIpc) is 2.32. The average molecular weight is 149 g/mol. The highest BCUT2D eigenvalue weighted by atomic mass is 15.3.